The maximum absolute atomic E-state index is 12.8. The molecule has 10 heteroatoms. The first-order valence-electron chi connectivity index (χ1n) is 9.01. The second kappa shape index (κ2) is 8.50. The van der Waals surface area contributed by atoms with Crippen LogP contribution in [0.15, 0.2) is 48.7 Å². The lowest BCUT2D eigenvalue weighted by Gasteiger charge is -2.30. The number of benzene rings is 1. The molecule has 1 aromatic carbocycles. The number of anilines is 1. The minimum absolute atomic E-state index is 0.0786. The number of carbonyl (C=O) groups is 1. The highest BCUT2D eigenvalue weighted by Gasteiger charge is 2.33. The van der Waals surface area contributed by atoms with E-state index in [9.17, 15) is 26.4 Å². The minimum Gasteiger partial charge on any atom is -0.310 e. The number of sulfonamides is 1. The Morgan fingerprint density at radius 3 is 2.48 bits per heavy atom. The molecule has 1 aliphatic rings. The number of alkyl halides is 3. The maximum Gasteiger partial charge on any atom is 0.416 e. The predicted molar refractivity (Wildman–Crippen MR) is 101 cm³/mol. The van der Waals surface area contributed by atoms with Crippen molar-refractivity contribution in [2.45, 2.75) is 24.8 Å². The van der Waals surface area contributed by atoms with Crippen molar-refractivity contribution in [3.63, 3.8) is 0 Å². The predicted octanol–water partition coefficient (Wildman–Crippen LogP) is 3.28. The molecule has 29 heavy (non-hydrogen) atoms. The summed E-state index contributed by atoms with van der Waals surface area (Å²) < 4.78 is 65.0. The third-order valence-corrected chi connectivity index (χ3v) is 6.59. The molecule has 0 saturated carbocycles. The smallest absolute Gasteiger partial charge is 0.310 e. The van der Waals surface area contributed by atoms with Gasteiger partial charge in [0, 0.05) is 25.2 Å². The van der Waals surface area contributed by atoms with Crippen molar-refractivity contribution in [3.8, 4) is 0 Å². The van der Waals surface area contributed by atoms with E-state index in [2.05, 4.69) is 10.3 Å². The zero-order chi connectivity index (χ0) is 21.1. The Bertz CT molecular complexity index is 957. The Labute approximate surface area is 166 Å². The van der Waals surface area contributed by atoms with Gasteiger partial charge in [-0.1, -0.05) is 24.3 Å². The van der Waals surface area contributed by atoms with Crippen molar-refractivity contribution < 1.29 is 26.4 Å². The average Bonchev–Trinajstić information content (AvgIpc) is 2.68. The summed E-state index contributed by atoms with van der Waals surface area (Å²) in [6, 6.07) is 9.44. The van der Waals surface area contributed by atoms with Gasteiger partial charge in [0.25, 0.3) is 0 Å². The molecule has 1 N–H and O–H groups in total. The van der Waals surface area contributed by atoms with Crippen LogP contribution in [0.5, 0.6) is 0 Å². The topological polar surface area (TPSA) is 79.4 Å². The van der Waals surface area contributed by atoms with Crippen LogP contribution in [0.2, 0.25) is 0 Å². The lowest BCUT2D eigenvalue weighted by atomic mass is 9.97. The lowest BCUT2D eigenvalue weighted by molar-refractivity contribution is -0.137. The third-order valence-electron chi connectivity index (χ3n) is 4.74. The van der Waals surface area contributed by atoms with E-state index in [0.717, 1.165) is 12.1 Å². The van der Waals surface area contributed by atoms with Gasteiger partial charge in [-0.15, -0.1) is 0 Å². The fourth-order valence-electron chi connectivity index (χ4n) is 3.20. The number of piperidine rings is 1. The molecule has 0 aliphatic carbocycles. The van der Waals surface area contributed by atoms with Crippen LogP contribution >= 0.6 is 0 Å². The molecule has 1 amide bonds. The zero-order valence-electron chi connectivity index (χ0n) is 15.4. The molecule has 3 rings (SSSR count). The molecule has 2 aromatic rings. The molecule has 0 spiro atoms. The second-order valence-corrected chi connectivity index (χ2v) is 8.80. The standard InChI is InChI=1S/C19H20F3N3O3S/c20-19(21,22)16-5-3-4-14(12-16)13-29(27,28)25-10-7-15(8-11-25)18(26)24-17-6-1-2-9-23-17/h1-6,9,12,15H,7-8,10-11,13H2,(H,23,24,26). The molecule has 2 heterocycles. The number of nitrogens with one attached hydrogen (secondary N) is 1. The number of nitrogens with zero attached hydrogens (tertiary/aromatic N) is 2. The molecule has 1 aliphatic heterocycles. The fraction of sp³-hybridized carbons (Fsp3) is 0.368. The van der Waals surface area contributed by atoms with E-state index in [1.165, 1.54) is 16.4 Å². The monoisotopic (exact) mass is 427 g/mol. The molecule has 1 saturated heterocycles. The van der Waals surface area contributed by atoms with Gasteiger partial charge in [0.2, 0.25) is 15.9 Å². The Kier molecular flexibility index (Phi) is 6.23. The number of aromatic nitrogens is 1. The van der Waals surface area contributed by atoms with E-state index in [1.54, 1.807) is 24.4 Å². The zero-order valence-corrected chi connectivity index (χ0v) is 16.2. The molecule has 6 nitrogen and oxygen atoms in total. The summed E-state index contributed by atoms with van der Waals surface area (Å²) in [5.41, 5.74) is -0.801. The Morgan fingerprint density at radius 2 is 1.86 bits per heavy atom. The minimum atomic E-state index is -4.53. The van der Waals surface area contributed by atoms with Crippen molar-refractivity contribution >= 4 is 21.7 Å². The number of hydrogen-bond donors (Lipinski definition) is 1. The van der Waals surface area contributed by atoms with Crippen LogP contribution in [0.25, 0.3) is 0 Å². The number of rotatable bonds is 5. The number of pyridine rings is 1. The second-order valence-electron chi connectivity index (χ2n) is 6.83. The highest BCUT2D eigenvalue weighted by molar-refractivity contribution is 7.88. The van der Waals surface area contributed by atoms with Crippen LogP contribution < -0.4 is 5.32 Å². The van der Waals surface area contributed by atoms with Gasteiger partial charge in [-0.2, -0.15) is 13.2 Å². The Morgan fingerprint density at radius 1 is 1.14 bits per heavy atom. The summed E-state index contributed by atoms with van der Waals surface area (Å²) in [4.78, 5) is 16.3. The third kappa shape index (κ3) is 5.54. The van der Waals surface area contributed by atoms with Gasteiger partial charge in [-0.05, 0) is 36.6 Å². The lowest BCUT2D eigenvalue weighted by Crippen LogP contribution is -2.42. The van der Waals surface area contributed by atoms with E-state index in [4.69, 9.17) is 0 Å². The molecule has 1 aromatic heterocycles. The van der Waals surface area contributed by atoms with Crippen molar-refractivity contribution in [2.24, 2.45) is 5.92 Å². The van der Waals surface area contributed by atoms with Crippen molar-refractivity contribution in [1.29, 1.82) is 0 Å². The fourth-order valence-corrected chi connectivity index (χ4v) is 4.75. The van der Waals surface area contributed by atoms with Gasteiger partial charge in [-0.25, -0.2) is 17.7 Å². The first-order chi connectivity index (χ1) is 13.6. The van der Waals surface area contributed by atoms with Crippen LogP contribution in [0.4, 0.5) is 19.0 Å². The van der Waals surface area contributed by atoms with Crippen molar-refractivity contribution in [1.82, 2.24) is 9.29 Å². The van der Waals surface area contributed by atoms with Crippen LogP contribution in [0.3, 0.4) is 0 Å². The molecule has 1 fully saturated rings. The van der Waals surface area contributed by atoms with Crippen molar-refractivity contribution in [2.75, 3.05) is 18.4 Å². The van der Waals surface area contributed by atoms with Crippen LogP contribution in [-0.2, 0) is 26.7 Å². The number of carbonyl (C=O) groups excluding carboxylic acids is 1. The molecule has 156 valence electrons. The summed E-state index contributed by atoms with van der Waals surface area (Å²) >= 11 is 0. The van der Waals surface area contributed by atoms with Gasteiger partial charge >= 0.3 is 6.18 Å². The quantitative estimate of drug-likeness (QED) is 0.794. The molecular formula is C19H20F3N3O3S. The average molecular weight is 427 g/mol. The Balaban J connectivity index is 1.59. The number of hydrogen-bond acceptors (Lipinski definition) is 4. The normalized spacial score (nSPS) is 16.5. The first-order valence-corrected chi connectivity index (χ1v) is 10.6. The van der Waals surface area contributed by atoms with Gasteiger partial charge < -0.3 is 5.32 Å². The first kappa shape index (κ1) is 21.3. The Hall–Kier alpha value is -2.46. The van der Waals surface area contributed by atoms with Gasteiger partial charge in [0.15, 0.2) is 0 Å². The highest BCUT2D eigenvalue weighted by Crippen LogP contribution is 2.30. The van der Waals surface area contributed by atoms with E-state index < -0.39 is 27.5 Å². The maximum atomic E-state index is 12.8. The van der Waals surface area contributed by atoms with Crippen LogP contribution in [-0.4, -0.2) is 36.7 Å². The number of halogens is 3. The van der Waals surface area contributed by atoms with Crippen LogP contribution in [0.1, 0.15) is 24.0 Å². The summed E-state index contributed by atoms with van der Waals surface area (Å²) in [6.45, 7) is 0.281. The van der Waals surface area contributed by atoms with E-state index in [1.807, 2.05) is 0 Å². The van der Waals surface area contributed by atoms with Gasteiger partial charge in [0.05, 0.1) is 11.3 Å². The SMILES string of the molecule is O=C(Nc1ccccn1)C1CCN(S(=O)(=O)Cc2cccc(C(F)(F)F)c2)CC1. The summed E-state index contributed by atoms with van der Waals surface area (Å²) in [5, 5.41) is 2.70. The highest BCUT2D eigenvalue weighted by atomic mass is 32.2. The van der Waals surface area contributed by atoms with Crippen LogP contribution in [0, 0.1) is 5.92 Å². The van der Waals surface area contributed by atoms with E-state index in [0.29, 0.717) is 18.7 Å². The van der Waals surface area contributed by atoms with Crippen molar-refractivity contribution in [3.05, 3.63) is 59.8 Å². The summed E-state index contributed by atoms with van der Waals surface area (Å²) in [5.74, 6) is -0.658. The van der Waals surface area contributed by atoms with E-state index in [-0.39, 0.29) is 30.5 Å². The molecule has 0 atom stereocenters. The molecule has 0 bridgehead atoms. The van der Waals surface area contributed by atoms with Gasteiger partial charge in [0.1, 0.15) is 5.82 Å². The largest absolute Gasteiger partial charge is 0.416 e. The summed E-state index contributed by atoms with van der Waals surface area (Å²) in [7, 11) is -3.78. The molecular weight excluding hydrogens is 407 g/mol. The molecule has 0 unspecified atom stereocenters. The van der Waals surface area contributed by atoms with E-state index >= 15 is 0 Å². The van der Waals surface area contributed by atoms with Gasteiger partial charge in [-0.3, -0.25) is 4.79 Å². The molecule has 0 radical (unpaired) electrons. The summed E-state index contributed by atoms with van der Waals surface area (Å²) in [6.07, 6.45) is -2.31. The number of amides is 1.